The Balaban J connectivity index is 1.58. The van der Waals surface area contributed by atoms with Crippen molar-refractivity contribution in [3.05, 3.63) is 124 Å². The van der Waals surface area contributed by atoms with Crippen LogP contribution in [-0.2, 0) is 16.1 Å². The van der Waals surface area contributed by atoms with Gasteiger partial charge >= 0.3 is 5.97 Å². The first-order valence-electron chi connectivity index (χ1n) is 14.2. The van der Waals surface area contributed by atoms with Crippen LogP contribution < -0.4 is 24.4 Å². The molecule has 0 saturated heterocycles. The zero-order chi connectivity index (χ0) is 31.5. The Kier molecular flexibility index (Phi) is 9.63. The fourth-order valence-electron chi connectivity index (χ4n) is 4.95. The molecule has 7 nitrogen and oxygen atoms in total. The predicted octanol–water partition coefficient (Wildman–Crippen LogP) is 6.78. The quantitative estimate of drug-likeness (QED) is 0.187. The van der Waals surface area contributed by atoms with Gasteiger partial charge in [-0.3, -0.25) is 9.36 Å². The minimum atomic E-state index is -0.799. The molecule has 0 radical (unpaired) electrons. The van der Waals surface area contributed by atoms with Crippen molar-refractivity contribution >= 4 is 46.6 Å². The van der Waals surface area contributed by atoms with E-state index in [-0.39, 0.29) is 23.8 Å². The van der Waals surface area contributed by atoms with E-state index in [1.54, 1.807) is 32.1 Å². The van der Waals surface area contributed by atoms with Crippen LogP contribution in [0.4, 0.5) is 0 Å². The van der Waals surface area contributed by atoms with Crippen molar-refractivity contribution in [2.45, 2.75) is 53.4 Å². The Hall–Kier alpha value is -3.85. The lowest BCUT2D eigenvalue weighted by atomic mass is 9.95. The fourth-order valence-corrected chi connectivity index (χ4v) is 6.61. The van der Waals surface area contributed by atoms with E-state index in [1.165, 1.54) is 15.9 Å². The van der Waals surface area contributed by atoms with E-state index in [2.05, 4.69) is 4.99 Å². The number of carbonyl (C=O) groups is 1. The molecule has 3 aromatic carbocycles. The van der Waals surface area contributed by atoms with Gasteiger partial charge in [0.1, 0.15) is 18.4 Å². The Morgan fingerprint density at radius 1 is 1.07 bits per heavy atom. The van der Waals surface area contributed by atoms with Crippen molar-refractivity contribution in [1.82, 2.24) is 4.57 Å². The van der Waals surface area contributed by atoms with Crippen molar-refractivity contribution in [3.63, 3.8) is 0 Å². The summed E-state index contributed by atoms with van der Waals surface area (Å²) in [6.07, 6.45) is 1.59. The van der Waals surface area contributed by atoms with Gasteiger partial charge in [-0.15, -0.1) is 0 Å². The SMILES string of the molecule is CCOC(=O)C1=C(C)N=c2s/c(=C/c3cc(Cl)c(OCc4ccc(C)cc4)c(Cl)c3)c(=O)n2[C@H]1c1ccccc1OC(C)C. The van der Waals surface area contributed by atoms with Gasteiger partial charge < -0.3 is 14.2 Å². The zero-order valence-electron chi connectivity index (χ0n) is 25.0. The van der Waals surface area contributed by atoms with E-state index in [0.29, 0.717) is 54.3 Å². The van der Waals surface area contributed by atoms with Gasteiger partial charge in [0.05, 0.1) is 38.6 Å². The van der Waals surface area contributed by atoms with Crippen LogP contribution in [0.5, 0.6) is 11.5 Å². The van der Waals surface area contributed by atoms with Gasteiger partial charge in [0.2, 0.25) is 0 Å². The van der Waals surface area contributed by atoms with Crippen LogP contribution in [0.2, 0.25) is 10.0 Å². The second-order valence-electron chi connectivity index (χ2n) is 10.6. The first-order valence-corrected chi connectivity index (χ1v) is 15.8. The summed E-state index contributed by atoms with van der Waals surface area (Å²) >= 11 is 14.4. The van der Waals surface area contributed by atoms with Gasteiger partial charge in [0.15, 0.2) is 10.6 Å². The third-order valence-electron chi connectivity index (χ3n) is 6.92. The molecule has 228 valence electrons. The number of halogens is 2. The maximum absolute atomic E-state index is 14.1. The number of carbonyl (C=O) groups excluding carboxylic acids is 1. The maximum Gasteiger partial charge on any atom is 0.338 e. The molecule has 0 fully saturated rings. The third kappa shape index (κ3) is 6.62. The van der Waals surface area contributed by atoms with Crippen molar-refractivity contribution in [3.8, 4) is 11.5 Å². The molecule has 0 aliphatic carbocycles. The van der Waals surface area contributed by atoms with Crippen LogP contribution in [0, 0.1) is 6.92 Å². The lowest BCUT2D eigenvalue weighted by Gasteiger charge is -2.26. The molecule has 10 heteroatoms. The number of para-hydroxylation sites is 1. The van der Waals surface area contributed by atoms with Crippen LogP contribution in [-0.4, -0.2) is 23.2 Å². The molecular formula is C34H32Cl2N2O5S. The smallest absolute Gasteiger partial charge is 0.338 e. The van der Waals surface area contributed by atoms with Gasteiger partial charge in [-0.2, -0.15) is 0 Å². The van der Waals surface area contributed by atoms with Crippen LogP contribution in [0.1, 0.15) is 56.0 Å². The molecule has 1 atom stereocenters. The average Bonchev–Trinajstić information content (AvgIpc) is 3.26. The standard InChI is InChI=1S/C34H32Cl2N2O5S/c1-6-41-33(40)29-21(5)37-34-38(30(29)24-9-7-8-10-27(24)43-19(2)3)32(39)28(44-34)17-23-15-25(35)31(26(36)16-23)42-18-22-13-11-20(4)12-14-22/h7-17,19,30H,6,18H2,1-5H3/b28-17+/t30-/m0/s1. The number of thiazole rings is 1. The molecule has 0 unspecified atom stereocenters. The molecule has 4 aromatic rings. The summed E-state index contributed by atoms with van der Waals surface area (Å²) in [5.41, 5.74) is 3.86. The van der Waals surface area contributed by atoms with Gasteiger partial charge in [-0.1, -0.05) is 82.6 Å². The molecular weight excluding hydrogens is 619 g/mol. The zero-order valence-corrected chi connectivity index (χ0v) is 27.3. The largest absolute Gasteiger partial charge is 0.491 e. The highest BCUT2D eigenvalue weighted by atomic mass is 35.5. The first-order chi connectivity index (χ1) is 21.1. The number of rotatable bonds is 9. The lowest BCUT2D eigenvalue weighted by molar-refractivity contribution is -0.139. The van der Waals surface area contributed by atoms with E-state index in [1.807, 2.05) is 69.3 Å². The van der Waals surface area contributed by atoms with Crippen LogP contribution >= 0.6 is 34.5 Å². The highest BCUT2D eigenvalue weighted by Gasteiger charge is 2.35. The van der Waals surface area contributed by atoms with E-state index in [0.717, 1.165) is 11.1 Å². The monoisotopic (exact) mass is 650 g/mol. The molecule has 1 aromatic heterocycles. The van der Waals surface area contributed by atoms with Gasteiger partial charge in [-0.05, 0) is 70.0 Å². The number of ether oxygens (including phenoxy) is 3. The Morgan fingerprint density at radius 3 is 2.41 bits per heavy atom. The molecule has 2 heterocycles. The van der Waals surface area contributed by atoms with Gasteiger partial charge in [0, 0.05) is 5.56 Å². The highest BCUT2D eigenvalue weighted by molar-refractivity contribution is 7.07. The van der Waals surface area contributed by atoms with Crippen LogP contribution in [0.15, 0.2) is 81.7 Å². The number of aromatic nitrogens is 1. The van der Waals surface area contributed by atoms with E-state index < -0.39 is 12.0 Å². The Bertz CT molecular complexity index is 1900. The summed E-state index contributed by atoms with van der Waals surface area (Å²) in [4.78, 5) is 32.4. The topological polar surface area (TPSA) is 79.1 Å². The first kappa shape index (κ1) is 31.6. The van der Waals surface area contributed by atoms with Gasteiger partial charge in [-0.25, -0.2) is 9.79 Å². The molecule has 0 saturated carbocycles. The molecule has 1 aliphatic rings. The summed E-state index contributed by atoms with van der Waals surface area (Å²) < 4.78 is 19.4. The number of esters is 1. The molecule has 0 amide bonds. The number of nitrogens with zero attached hydrogens (tertiary/aromatic N) is 2. The number of aryl methyl sites for hydroxylation is 1. The predicted molar refractivity (Wildman–Crippen MR) is 175 cm³/mol. The minimum Gasteiger partial charge on any atom is -0.491 e. The average molecular weight is 652 g/mol. The van der Waals surface area contributed by atoms with Crippen molar-refractivity contribution in [2.24, 2.45) is 4.99 Å². The number of allylic oxidation sites excluding steroid dienone is 1. The number of hydrogen-bond donors (Lipinski definition) is 0. The molecule has 44 heavy (non-hydrogen) atoms. The Morgan fingerprint density at radius 2 is 1.75 bits per heavy atom. The fraction of sp³-hybridized carbons (Fsp3) is 0.265. The normalized spacial score (nSPS) is 14.8. The second-order valence-corrected chi connectivity index (χ2v) is 12.4. The minimum absolute atomic E-state index is 0.124. The van der Waals surface area contributed by atoms with Crippen molar-refractivity contribution in [2.75, 3.05) is 6.61 Å². The summed E-state index contributed by atoms with van der Waals surface area (Å²) in [5.74, 6) is 0.398. The number of hydrogen-bond acceptors (Lipinski definition) is 7. The van der Waals surface area contributed by atoms with E-state index in [4.69, 9.17) is 37.4 Å². The molecule has 1 aliphatic heterocycles. The lowest BCUT2D eigenvalue weighted by Crippen LogP contribution is -2.40. The van der Waals surface area contributed by atoms with Crippen molar-refractivity contribution in [1.29, 1.82) is 0 Å². The maximum atomic E-state index is 14.1. The summed E-state index contributed by atoms with van der Waals surface area (Å²) in [6.45, 7) is 9.84. The summed E-state index contributed by atoms with van der Waals surface area (Å²) in [7, 11) is 0. The highest BCUT2D eigenvalue weighted by Crippen LogP contribution is 2.37. The molecule has 0 N–H and O–H groups in total. The number of benzene rings is 3. The van der Waals surface area contributed by atoms with Crippen LogP contribution in [0.25, 0.3) is 6.08 Å². The number of fused-ring (bicyclic) bond motifs is 1. The molecule has 0 spiro atoms. The van der Waals surface area contributed by atoms with E-state index in [9.17, 15) is 9.59 Å². The van der Waals surface area contributed by atoms with E-state index >= 15 is 0 Å². The summed E-state index contributed by atoms with van der Waals surface area (Å²) in [6, 6.07) is 18.0. The van der Waals surface area contributed by atoms with Crippen LogP contribution in [0.3, 0.4) is 0 Å². The summed E-state index contributed by atoms with van der Waals surface area (Å²) in [5, 5.41) is 0.642. The second kappa shape index (κ2) is 13.4. The Labute approximate surface area is 269 Å². The third-order valence-corrected chi connectivity index (χ3v) is 8.46. The van der Waals surface area contributed by atoms with Gasteiger partial charge in [0.25, 0.3) is 5.56 Å². The molecule has 0 bridgehead atoms. The molecule has 5 rings (SSSR count). The van der Waals surface area contributed by atoms with Crippen molar-refractivity contribution < 1.29 is 19.0 Å².